The van der Waals surface area contributed by atoms with Gasteiger partial charge in [0.15, 0.2) is 5.82 Å². The van der Waals surface area contributed by atoms with E-state index in [-0.39, 0.29) is 37.0 Å². The zero-order chi connectivity index (χ0) is 18.8. The van der Waals surface area contributed by atoms with Crippen molar-refractivity contribution in [2.24, 2.45) is 0 Å². The Labute approximate surface area is 157 Å². The molecule has 4 heterocycles. The number of piperidine rings is 1. The number of likely N-dealkylation sites (tertiary alicyclic amines) is 1. The number of imidazole rings is 1. The molecule has 0 atom stereocenters. The summed E-state index contributed by atoms with van der Waals surface area (Å²) in [4.78, 5) is 44.2. The Kier molecular flexibility index (Phi) is 5.11. The average molecular weight is 375 g/mol. The van der Waals surface area contributed by atoms with Gasteiger partial charge in [0.05, 0.1) is 24.9 Å². The number of aromatic nitrogens is 2. The molecule has 0 aliphatic carbocycles. The van der Waals surface area contributed by atoms with Crippen LogP contribution in [0.25, 0.3) is 0 Å². The number of rotatable bonds is 6. The van der Waals surface area contributed by atoms with E-state index in [0.717, 1.165) is 38.0 Å². The standard InChI is InChI=1S/C18H25N5O4/c24-16-2-1-8-21(16)9-5-17(25)27-12-15-20-10-14-11-22(18(26)23(14)15)13-3-6-19-7-4-13/h10,13,19H,1-9,11-12H2. The number of nitrogens with one attached hydrogen (secondary N) is 1. The highest BCUT2D eigenvalue weighted by Crippen LogP contribution is 2.24. The molecule has 4 rings (SSSR count). The van der Waals surface area contributed by atoms with Gasteiger partial charge in [-0.05, 0) is 32.4 Å². The maximum absolute atomic E-state index is 12.8. The van der Waals surface area contributed by atoms with Crippen molar-refractivity contribution < 1.29 is 19.1 Å². The van der Waals surface area contributed by atoms with Gasteiger partial charge in [0.1, 0.15) is 6.61 Å². The molecule has 0 unspecified atom stereocenters. The highest BCUT2D eigenvalue weighted by Gasteiger charge is 2.35. The Morgan fingerprint density at radius 1 is 1.30 bits per heavy atom. The fourth-order valence-electron chi connectivity index (χ4n) is 4.04. The second-order valence-corrected chi connectivity index (χ2v) is 7.29. The Balaban J connectivity index is 1.31. The molecule has 1 aromatic rings. The zero-order valence-electron chi connectivity index (χ0n) is 15.4. The van der Waals surface area contributed by atoms with Crippen LogP contribution in [0.1, 0.15) is 43.6 Å². The molecular formula is C18H25N5O4. The molecule has 1 N–H and O–H groups in total. The van der Waals surface area contributed by atoms with Gasteiger partial charge in [-0.1, -0.05) is 0 Å². The van der Waals surface area contributed by atoms with Gasteiger partial charge in [0.25, 0.3) is 0 Å². The maximum Gasteiger partial charge on any atom is 0.330 e. The van der Waals surface area contributed by atoms with E-state index in [9.17, 15) is 14.4 Å². The number of ether oxygens (including phenoxy) is 1. The number of esters is 1. The number of hydrogen-bond acceptors (Lipinski definition) is 6. The van der Waals surface area contributed by atoms with Crippen LogP contribution < -0.4 is 5.32 Å². The predicted octanol–water partition coefficient (Wildman–Crippen LogP) is 0.475. The molecule has 0 saturated carbocycles. The van der Waals surface area contributed by atoms with Gasteiger partial charge in [-0.25, -0.2) is 14.3 Å². The molecule has 2 saturated heterocycles. The van der Waals surface area contributed by atoms with E-state index in [1.54, 1.807) is 15.7 Å². The minimum atomic E-state index is -0.382. The number of carbonyl (C=O) groups excluding carboxylic acids is 3. The monoisotopic (exact) mass is 375 g/mol. The molecule has 1 aromatic heterocycles. The molecule has 27 heavy (non-hydrogen) atoms. The molecule has 146 valence electrons. The van der Waals surface area contributed by atoms with Crippen molar-refractivity contribution in [1.29, 1.82) is 0 Å². The molecular weight excluding hydrogens is 350 g/mol. The summed E-state index contributed by atoms with van der Waals surface area (Å²) >= 11 is 0. The van der Waals surface area contributed by atoms with E-state index in [1.165, 1.54) is 0 Å². The van der Waals surface area contributed by atoms with Gasteiger partial charge >= 0.3 is 12.0 Å². The molecule has 0 bridgehead atoms. The van der Waals surface area contributed by atoms with Crippen LogP contribution in [0.5, 0.6) is 0 Å². The van der Waals surface area contributed by atoms with E-state index in [0.29, 0.717) is 31.9 Å². The van der Waals surface area contributed by atoms with Crippen LogP contribution in [0.4, 0.5) is 4.79 Å². The van der Waals surface area contributed by atoms with Crippen LogP contribution in [-0.4, -0.2) is 69.5 Å². The third kappa shape index (κ3) is 3.69. The fraction of sp³-hybridized carbons (Fsp3) is 0.667. The van der Waals surface area contributed by atoms with Crippen molar-refractivity contribution in [3.05, 3.63) is 17.7 Å². The quantitative estimate of drug-likeness (QED) is 0.726. The first-order valence-electron chi connectivity index (χ1n) is 9.64. The van der Waals surface area contributed by atoms with E-state index in [1.807, 2.05) is 4.90 Å². The lowest BCUT2D eigenvalue weighted by atomic mass is 10.1. The average Bonchev–Trinajstić information content (AvgIpc) is 3.36. The van der Waals surface area contributed by atoms with Crippen LogP contribution in [0.15, 0.2) is 6.20 Å². The number of hydrogen-bond donors (Lipinski definition) is 1. The molecule has 0 spiro atoms. The Morgan fingerprint density at radius 3 is 2.85 bits per heavy atom. The van der Waals surface area contributed by atoms with E-state index in [2.05, 4.69) is 10.3 Å². The smallest absolute Gasteiger partial charge is 0.330 e. The molecule has 0 aromatic carbocycles. The Bertz CT molecular complexity index is 740. The normalized spacial score (nSPS) is 20.4. The molecule has 0 radical (unpaired) electrons. The van der Waals surface area contributed by atoms with Crippen LogP contribution in [0, 0.1) is 0 Å². The van der Waals surface area contributed by atoms with E-state index >= 15 is 0 Å². The first kappa shape index (κ1) is 18.0. The maximum atomic E-state index is 12.8. The molecule has 2 amide bonds. The minimum Gasteiger partial charge on any atom is -0.457 e. The number of carbonyl (C=O) groups is 3. The summed E-state index contributed by atoms with van der Waals surface area (Å²) < 4.78 is 6.86. The number of amides is 2. The lowest BCUT2D eigenvalue weighted by molar-refractivity contribution is -0.145. The molecule has 3 aliphatic heterocycles. The second-order valence-electron chi connectivity index (χ2n) is 7.29. The summed E-state index contributed by atoms with van der Waals surface area (Å²) in [6.45, 7) is 3.47. The predicted molar refractivity (Wildman–Crippen MR) is 94.7 cm³/mol. The minimum absolute atomic E-state index is 0.0292. The first-order chi connectivity index (χ1) is 13.1. The van der Waals surface area contributed by atoms with Gasteiger partial charge in [-0.2, -0.15) is 0 Å². The van der Waals surface area contributed by atoms with Crippen LogP contribution >= 0.6 is 0 Å². The molecule has 2 fully saturated rings. The van der Waals surface area contributed by atoms with Crippen LogP contribution in [-0.2, 0) is 27.5 Å². The zero-order valence-corrected chi connectivity index (χ0v) is 15.4. The van der Waals surface area contributed by atoms with Gasteiger partial charge in [0, 0.05) is 25.6 Å². The largest absolute Gasteiger partial charge is 0.457 e. The third-order valence-corrected chi connectivity index (χ3v) is 5.55. The SMILES string of the molecule is O=C(CCN1CCCC1=O)OCc1ncc2n1C(=O)N(C1CCNCC1)C2. The van der Waals surface area contributed by atoms with E-state index < -0.39 is 0 Å². The lowest BCUT2D eigenvalue weighted by Gasteiger charge is -2.30. The summed E-state index contributed by atoms with van der Waals surface area (Å²) in [5.41, 5.74) is 0.840. The summed E-state index contributed by atoms with van der Waals surface area (Å²) in [6.07, 6.45) is 5.15. The van der Waals surface area contributed by atoms with E-state index in [4.69, 9.17) is 4.74 Å². The number of nitrogens with zero attached hydrogens (tertiary/aromatic N) is 4. The van der Waals surface area contributed by atoms with Crippen LogP contribution in [0.3, 0.4) is 0 Å². The van der Waals surface area contributed by atoms with Crippen molar-refractivity contribution in [1.82, 2.24) is 24.7 Å². The van der Waals surface area contributed by atoms with Crippen molar-refractivity contribution >= 4 is 17.9 Å². The molecule has 9 heteroatoms. The number of fused-ring (bicyclic) bond motifs is 1. The van der Waals surface area contributed by atoms with Crippen molar-refractivity contribution in [3.8, 4) is 0 Å². The molecule has 3 aliphatic rings. The Hall–Kier alpha value is -2.42. The van der Waals surface area contributed by atoms with Crippen molar-refractivity contribution in [3.63, 3.8) is 0 Å². The Morgan fingerprint density at radius 2 is 2.11 bits per heavy atom. The summed E-state index contributed by atoms with van der Waals surface area (Å²) in [6, 6.07) is 0.162. The fourth-order valence-corrected chi connectivity index (χ4v) is 4.04. The highest BCUT2D eigenvalue weighted by atomic mass is 16.5. The van der Waals surface area contributed by atoms with Gasteiger partial charge in [-0.15, -0.1) is 0 Å². The third-order valence-electron chi connectivity index (χ3n) is 5.55. The van der Waals surface area contributed by atoms with Gasteiger partial charge in [-0.3, -0.25) is 9.59 Å². The van der Waals surface area contributed by atoms with Gasteiger partial charge in [0.2, 0.25) is 5.91 Å². The van der Waals surface area contributed by atoms with Crippen LogP contribution in [0.2, 0.25) is 0 Å². The summed E-state index contributed by atoms with van der Waals surface area (Å²) in [5, 5.41) is 3.31. The van der Waals surface area contributed by atoms with Gasteiger partial charge < -0.3 is 19.9 Å². The second kappa shape index (κ2) is 7.67. The lowest BCUT2D eigenvalue weighted by Crippen LogP contribution is -2.44. The highest BCUT2D eigenvalue weighted by molar-refractivity contribution is 5.81. The summed E-state index contributed by atoms with van der Waals surface area (Å²) in [5.74, 6) is 0.169. The topological polar surface area (TPSA) is 96.8 Å². The van der Waals surface area contributed by atoms with Crippen molar-refractivity contribution in [2.45, 2.75) is 51.3 Å². The summed E-state index contributed by atoms with van der Waals surface area (Å²) in [7, 11) is 0. The van der Waals surface area contributed by atoms with Crippen molar-refractivity contribution in [2.75, 3.05) is 26.2 Å². The first-order valence-corrected chi connectivity index (χ1v) is 9.64. The molecule has 9 nitrogen and oxygen atoms in total.